The number of para-hydroxylation sites is 1. The maximum Gasteiger partial charge on any atom is 0.272 e. The number of rotatable bonds is 5. The Balaban J connectivity index is 1.19. The minimum Gasteiger partial charge on any atom is -0.337 e. The van der Waals surface area contributed by atoms with Crippen molar-refractivity contribution in [2.75, 3.05) is 30.9 Å². The molecule has 3 heterocycles. The van der Waals surface area contributed by atoms with Gasteiger partial charge in [-0.15, -0.1) is 0 Å². The van der Waals surface area contributed by atoms with Gasteiger partial charge in [-0.25, -0.2) is 0 Å². The quantitative estimate of drug-likeness (QED) is 0.413. The normalized spacial score (nSPS) is 13.9. The third kappa shape index (κ3) is 5.27. The van der Waals surface area contributed by atoms with Gasteiger partial charge in [-0.3, -0.25) is 19.6 Å². The van der Waals surface area contributed by atoms with Crippen molar-refractivity contribution in [1.29, 1.82) is 0 Å². The Morgan fingerprint density at radius 3 is 2.26 bits per heavy atom. The Labute approximate surface area is 208 Å². The van der Waals surface area contributed by atoms with Crippen LogP contribution in [-0.4, -0.2) is 57.8 Å². The van der Waals surface area contributed by atoms with Gasteiger partial charge >= 0.3 is 0 Å². The van der Waals surface area contributed by atoms with E-state index in [4.69, 9.17) is 0 Å². The summed E-state index contributed by atoms with van der Waals surface area (Å²) >= 11 is 1.50. The highest BCUT2D eigenvalue weighted by atomic mass is 32.2. The Morgan fingerprint density at radius 1 is 0.743 bits per heavy atom. The molecular formula is C27H25N5O2S. The topological polar surface area (TPSA) is 78.4 Å². The summed E-state index contributed by atoms with van der Waals surface area (Å²) < 4.78 is 3.34. The predicted octanol–water partition coefficient (Wildman–Crippen LogP) is 4.74. The number of fused-ring (bicyclic) bond motifs is 1. The zero-order valence-corrected chi connectivity index (χ0v) is 19.9. The second-order valence-electron chi connectivity index (χ2n) is 8.27. The molecule has 7 nitrogen and oxygen atoms in total. The van der Waals surface area contributed by atoms with Crippen LogP contribution in [0.25, 0.3) is 10.9 Å². The number of hydrogen-bond acceptors (Lipinski definition) is 6. The van der Waals surface area contributed by atoms with E-state index in [1.165, 1.54) is 11.9 Å². The van der Waals surface area contributed by atoms with Crippen LogP contribution < -0.4 is 4.72 Å². The molecule has 0 atom stereocenters. The molecule has 4 aromatic rings. The number of carbonyl (C=O) groups excluding carboxylic acids is 2. The molecule has 0 radical (unpaired) electrons. The van der Waals surface area contributed by atoms with Crippen LogP contribution in [0.2, 0.25) is 0 Å². The van der Waals surface area contributed by atoms with Crippen LogP contribution in [0.5, 0.6) is 0 Å². The van der Waals surface area contributed by atoms with Gasteiger partial charge in [0.15, 0.2) is 0 Å². The molecule has 2 aromatic heterocycles. The number of anilines is 1. The van der Waals surface area contributed by atoms with Crippen LogP contribution in [0.4, 0.5) is 5.69 Å². The first-order chi connectivity index (χ1) is 17.2. The van der Waals surface area contributed by atoms with Gasteiger partial charge in [-0.1, -0.05) is 24.3 Å². The molecule has 5 rings (SSSR count). The molecule has 0 saturated carbocycles. The van der Waals surface area contributed by atoms with E-state index >= 15 is 0 Å². The smallest absolute Gasteiger partial charge is 0.272 e. The lowest BCUT2D eigenvalue weighted by Gasteiger charge is -2.22. The first-order valence-corrected chi connectivity index (χ1v) is 12.4. The molecule has 2 aromatic carbocycles. The predicted molar refractivity (Wildman–Crippen MR) is 138 cm³/mol. The summed E-state index contributed by atoms with van der Waals surface area (Å²) in [5.74, 6) is -0.108. The van der Waals surface area contributed by atoms with Gasteiger partial charge in [-0.05, 0) is 66.9 Å². The average Bonchev–Trinajstić information content (AvgIpc) is 3.18. The highest BCUT2D eigenvalue weighted by Gasteiger charge is 2.24. The van der Waals surface area contributed by atoms with Gasteiger partial charge in [0, 0.05) is 55.2 Å². The van der Waals surface area contributed by atoms with Gasteiger partial charge in [-0.2, -0.15) is 0 Å². The molecule has 8 heteroatoms. The van der Waals surface area contributed by atoms with Gasteiger partial charge in [0.1, 0.15) is 5.69 Å². The van der Waals surface area contributed by atoms with E-state index in [0.29, 0.717) is 37.4 Å². The summed E-state index contributed by atoms with van der Waals surface area (Å²) in [6, 6.07) is 22.9. The first kappa shape index (κ1) is 22.9. The third-order valence-electron chi connectivity index (χ3n) is 5.96. The van der Waals surface area contributed by atoms with Crippen molar-refractivity contribution in [2.24, 2.45) is 0 Å². The fraction of sp³-hybridized carbons (Fsp3) is 0.185. The SMILES string of the molecule is O=C(c1ccc(NSc2cccc3cccnc23)cc1)N1CCCN(C(=O)c2ccccn2)CC1. The van der Waals surface area contributed by atoms with Gasteiger partial charge in [0.2, 0.25) is 0 Å². The van der Waals surface area contributed by atoms with E-state index in [9.17, 15) is 9.59 Å². The standard InChI is InChI=1S/C27H25N5O2S/c33-26(31-16-5-17-32(19-18-31)27(34)23-8-1-2-14-28-23)21-10-12-22(13-11-21)30-35-24-9-3-6-20-7-4-15-29-25(20)24/h1-4,6-15,30H,5,16-19H2. The molecule has 176 valence electrons. The van der Waals surface area contributed by atoms with Gasteiger partial charge in [0.05, 0.1) is 10.4 Å². The Bertz CT molecular complexity index is 1330. The third-order valence-corrected chi connectivity index (χ3v) is 6.85. The van der Waals surface area contributed by atoms with Crippen molar-refractivity contribution in [3.63, 3.8) is 0 Å². The van der Waals surface area contributed by atoms with E-state index in [-0.39, 0.29) is 11.8 Å². The zero-order chi connectivity index (χ0) is 24.0. The minimum absolute atomic E-state index is 0.0189. The number of pyridine rings is 2. The second-order valence-corrected chi connectivity index (χ2v) is 9.11. The van der Waals surface area contributed by atoms with E-state index in [0.717, 1.165) is 27.9 Å². The van der Waals surface area contributed by atoms with E-state index in [1.807, 2.05) is 65.6 Å². The van der Waals surface area contributed by atoms with Crippen LogP contribution in [0, 0.1) is 0 Å². The zero-order valence-electron chi connectivity index (χ0n) is 19.1. The van der Waals surface area contributed by atoms with Crippen LogP contribution in [0.1, 0.15) is 27.3 Å². The second kappa shape index (κ2) is 10.6. The van der Waals surface area contributed by atoms with Crippen LogP contribution in [0.3, 0.4) is 0 Å². The van der Waals surface area contributed by atoms with E-state index in [2.05, 4.69) is 14.7 Å². The number of carbonyl (C=O) groups is 2. The molecule has 1 aliphatic heterocycles. The molecule has 1 saturated heterocycles. The van der Waals surface area contributed by atoms with E-state index in [1.54, 1.807) is 29.4 Å². The molecule has 1 N–H and O–H groups in total. The van der Waals surface area contributed by atoms with Gasteiger partial charge in [0.25, 0.3) is 11.8 Å². The fourth-order valence-corrected chi connectivity index (χ4v) is 4.89. The number of amides is 2. The summed E-state index contributed by atoms with van der Waals surface area (Å²) in [6.07, 6.45) is 4.15. The molecule has 0 aliphatic carbocycles. The summed E-state index contributed by atoms with van der Waals surface area (Å²) in [7, 11) is 0. The number of nitrogens with zero attached hydrogens (tertiary/aromatic N) is 4. The average molecular weight is 484 g/mol. The Kier molecular flexibility index (Phi) is 6.90. The maximum atomic E-state index is 13.1. The number of nitrogens with one attached hydrogen (secondary N) is 1. The van der Waals surface area contributed by atoms with Crippen molar-refractivity contribution >= 4 is 40.4 Å². The highest BCUT2D eigenvalue weighted by molar-refractivity contribution is 8.00. The summed E-state index contributed by atoms with van der Waals surface area (Å²) in [5.41, 5.74) is 2.93. The van der Waals surface area contributed by atoms with Crippen molar-refractivity contribution in [3.8, 4) is 0 Å². The molecule has 0 unspecified atom stereocenters. The molecular weight excluding hydrogens is 458 g/mol. The van der Waals surface area contributed by atoms with Crippen molar-refractivity contribution < 1.29 is 9.59 Å². The van der Waals surface area contributed by atoms with Crippen molar-refractivity contribution in [3.05, 3.63) is 96.4 Å². The molecule has 2 amide bonds. The van der Waals surface area contributed by atoms with Crippen molar-refractivity contribution in [1.82, 2.24) is 19.8 Å². The van der Waals surface area contributed by atoms with Crippen LogP contribution in [-0.2, 0) is 0 Å². The van der Waals surface area contributed by atoms with Crippen molar-refractivity contribution in [2.45, 2.75) is 11.3 Å². The molecule has 1 fully saturated rings. The fourth-order valence-electron chi connectivity index (χ4n) is 4.11. The molecule has 1 aliphatic rings. The maximum absolute atomic E-state index is 13.1. The van der Waals surface area contributed by atoms with Crippen LogP contribution in [0.15, 0.2) is 90.1 Å². The largest absolute Gasteiger partial charge is 0.337 e. The number of benzene rings is 2. The molecule has 0 spiro atoms. The van der Waals surface area contributed by atoms with E-state index < -0.39 is 0 Å². The molecule has 35 heavy (non-hydrogen) atoms. The summed E-state index contributed by atoms with van der Waals surface area (Å²) in [6.45, 7) is 2.23. The highest BCUT2D eigenvalue weighted by Crippen LogP contribution is 2.27. The Hall–Kier alpha value is -3.91. The van der Waals surface area contributed by atoms with Crippen LogP contribution >= 0.6 is 11.9 Å². The lowest BCUT2D eigenvalue weighted by Crippen LogP contribution is -2.37. The first-order valence-electron chi connectivity index (χ1n) is 11.6. The number of aromatic nitrogens is 2. The Morgan fingerprint density at radius 2 is 1.49 bits per heavy atom. The monoisotopic (exact) mass is 483 g/mol. The van der Waals surface area contributed by atoms with Gasteiger partial charge < -0.3 is 14.5 Å². The minimum atomic E-state index is -0.0887. The number of hydrogen-bond donors (Lipinski definition) is 1. The summed E-state index contributed by atoms with van der Waals surface area (Å²) in [5, 5.41) is 1.10. The lowest BCUT2D eigenvalue weighted by atomic mass is 10.2. The lowest BCUT2D eigenvalue weighted by molar-refractivity contribution is 0.0715. The summed E-state index contributed by atoms with van der Waals surface area (Å²) in [4.78, 5) is 39.1. The molecule has 0 bridgehead atoms.